The Morgan fingerprint density at radius 2 is 2.16 bits per heavy atom. The number of para-hydroxylation sites is 1. The highest BCUT2D eigenvalue weighted by molar-refractivity contribution is 7.99. The van der Waals surface area contributed by atoms with Crippen LogP contribution < -0.4 is 10.9 Å². The van der Waals surface area contributed by atoms with Crippen LogP contribution in [-0.4, -0.2) is 21.2 Å². The maximum Gasteiger partial charge on any atom is 0.262 e. The van der Waals surface area contributed by atoms with Crippen LogP contribution in [-0.2, 0) is 24.2 Å². The summed E-state index contributed by atoms with van der Waals surface area (Å²) >= 11 is 2.68. The topological polar surface area (TPSA) is 101 Å². The summed E-state index contributed by atoms with van der Waals surface area (Å²) in [7, 11) is 0. The lowest BCUT2D eigenvalue weighted by Gasteiger charge is -2.12. The maximum atomic E-state index is 13.1. The number of hydrogen-bond acceptors (Lipinski definition) is 7. The van der Waals surface area contributed by atoms with Crippen LogP contribution in [0.2, 0.25) is 0 Å². The standard InChI is InChI=1S/C23H18N4O3S2/c24-11-17-15-7-3-9-19(15)32-21(17)26-20(28)13-31-23-25-18-8-2-1-6-16(18)22(29)27(23)12-14-5-4-10-30-14/h1-2,4-6,8,10H,3,7,9,12-13H2,(H,26,28). The number of hydrogen-bond donors (Lipinski definition) is 1. The highest BCUT2D eigenvalue weighted by Gasteiger charge is 2.23. The van der Waals surface area contributed by atoms with Crippen LogP contribution in [0.5, 0.6) is 0 Å². The van der Waals surface area contributed by atoms with Crippen LogP contribution in [0.15, 0.2) is 57.0 Å². The number of anilines is 1. The first-order valence-electron chi connectivity index (χ1n) is 10.1. The molecule has 1 aromatic carbocycles. The first kappa shape index (κ1) is 20.5. The van der Waals surface area contributed by atoms with E-state index in [1.54, 1.807) is 36.6 Å². The van der Waals surface area contributed by atoms with E-state index in [4.69, 9.17) is 4.42 Å². The second-order valence-corrected chi connectivity index (χ2v) is 9.44. The number of benzene rings is 1. The fourth-order valence-corrected chi connectivity index (χ4v) is 5.91. The van der Waals surface area contributed by atoms with Crippen LogP contribution in [0.4, 0.5) is 5.00 Å². The first-order valence-corrected chi connectivity index (χ1v) is 11.9. The summed E-state index contributed by atoms with van der Waals surface area (Å²) in [5, 5.41) is 14.0. The van der Waals surface area contributed by atoms with Crippen molar-refractivity contribution < 1.29 is 9.21 Å². The van der Waals surface area contributed by atoms with Gasteiger partial charge in [0.15, 0.2) is 5.16 Å². The van der Waals surface area contributed by atoms with Crippen molar-refractivity contribution in [3.05, 3.63) is 74.8 Å². The molecular weight excluding hydrogens is 444 g/mol. The van der Waals surface area contributed by atoms with Gasteiger partial charge in [0, 0.05) is 4.88 Å². The third-order valence-corrected chi connectivity index (χ3v) is 7.52. The summed E-state index contributed by atoms with van der Waals surface area (Å²) in [5.41, 5.74) is 2.05. The van der Waals surface area contributed by atoms with Gasteiger partial charge in [-0.2, -0.15) is 5.26 Å². The van der Waals surface area contributed by atoms with E-state index in [1.165, 1.54) is 32.5 Å². The van der Waals surface area contributed by atoms with E-state index in [9.17, 15) is 14.9 Å². The molecule has 0 aliphatic heterocycles. The number of furan rings is 1. The first-order chi connectivity index (χ1) is 15.6. The molecule has 0 saturated carbocycles. The quantitative estimate of drug-likeness (QED) is 0.341. The molecule has 1 aliphatic carbocycles. The molecule has 4 aromatic rings. The van der Waals surface area contributed by atoms with Crippen molar-refractivity contribution in [2.45, 2.75) is 31.0 Å². The lowest BCUT2D eigenvalue weighted by molar-refractivity contribution is -0.113. The summed E-state index contributed by atoms with van der Waals surface area (Å²) in [6.45, 7) is 0.226. The number of thioether (sulfide) groups is 1. The minimum atomic E-state index is -0.238. The van der Waals surface area contributed by atoms with Gasteiger partial charge in [0.05, 0.1) is 35.0 Å². The van der Waals surface area contributed by atoms with Crippen molar-refractivity contribution in [3.63, 3.8) is 0 Å². The van der Waals surface area contributed by atoms with Crippen molar-refractivity contribution in [3.8, 4) is 6.07 Å². The largest absolute Gasteiger partial charge is 0.467 e. The Morgan fingerprint density at radius 1 is 1.28 bits per heavy atom. The van der Waals surface area contributed by atoms with Gasteiger partial charge in [0.1, 0.15) is 16.8 Å². The van der Waals surface area contributed by atoms with Crippen LogP contribution in [0.1, 0.15) is 28.2 Å². The number of fused-ring (bicyclic) bond motifs is 2. The molecule has 3 aromatic heterocycles. The minimum Gasteiger partial charge on any atom is -0.467 e. The number of nitrogens with one attached hydrogen (secondary N) is 1. The Balaban J connectivity index is 1.39. The summed E-state index contributed by atoms with van der Waals surface area (Å²) < 4.78 is 6.94. The minimum absolute atomic E-state index is 0.0658. The van der Waals surface area contributed by atoms with E-state index >= 15 is 0 Å². The van der Waals surface area contributed by atoms with Crippen molar-refractivity contribution in [2.75, 3.05) is 11.1 Å². The molecule has 32 heavy (non-hydrogen) atoms. The van der Waals surface area contributed by atoms with Crippen molar-refractivity contribution in [1.82, 2.24) is 9.55 Å². The predicted molar refractivity (Wildman–Crippen MR) is 124 cm³/mol. The molecule has 0 unspecified atom stereocenters. The molecule has 0 bridgehead atoms. The monoisotopic (exact) mass is 462 g/mol. The fourth-order valence-electron chi connectivity index (χ4n) is 3.86. The van der Waals surface area contributed by atoms with Gasteiger partial charge in [-0.3, -0.25) is 14.2 Å². The SMILES string of the molecule is N#Cc1c(NC(=O)CSc2nc3ccccc3c(=O)n2Cc2ccco2)sc2c1CCC2. The number of amides is 1. The highest BCUT2D eigenvalue weighted by Crippen LogP contribution is 2.38. The summed E-state index contributed by atoms with van der Waals surface area (Å²) in [6.07, 6.45) is 4.46. The van der Waals surface area contributed by atoms with Gasteiger partial charge >= 0.3 is 0 Å². The maximum absolute atomic E-state index is 13.1. The third-order valence-electron chi connectivity index (χ3n) is 5.34. The van der Waals surface area contributed by atoms with Gasteiger partial charge in [0.2, 0.25) is 5.91 Å². The van der Waals surface area contributed by atoms with Crippen LogP contribution in [0.25, 0.3) is 10.9 Å². The average molecular weight is 463 g/mol. The van der Waals surface area contributed by atoms with E-state index < -0.39 is 0 Å². The number of carbonyl (C=O) groups excluding carboxylic acids is 1. The molecule has 1 aliphatic rings. The number of nitrogens with zero attached hydrogens (tertiary/aromatic N) is 3. The predicted octanol–water partition coefficient (Wildman–Crippen LogP) is 4.19. The Morgan fingerprint density at radius 3 is 2.97 bits per heavy atom. The van der Waals surface area contributed by atoms with Crippen molar-refractivity contribution in [1.29, 1.82) is 5.26 Å². The number of aromatic nitrogens is 2. The number of rotatable bonds is 6. The number of aryl methyl sites for hydroxylation is 1. The van der Waals surface area contributed by atoms with Crippen molar-refractivity contribution in [2.24, 2.45) is 0 Å². The molecule has 7 nitrogen and oxygen atoms in total. The molecule has 3 heterocycles. The summed E-state index contributed by atoms with van der Waals surface area (Å²) in [6, 6.07) is 12.9. The molecular formula is C23H18N4O3S2. The summed E-state index contributed by atoms with van der Waals surface area (Å²) in [4.78, 5) is 31.6. The molecule has 0 fully saturated rings. The third kappa shape index (κ3) is 3.83. The molecule has 1 N–H and O–H groups in total. The molecule has 0 radical (unpaired) electrons. The number of thiophene rings is 1. The van der Waals surface area contributed by atoms with E-state index in [-0.39, 0.29) is 23.8 Å². The van der Waals surface area contributed by atoms with Crippen LogP contribution >= 0.6 is 23.1 Å². The lowest BCUT2D eigenvalue weighted by atomic mass is 10.1. The van der Waals surface area contributed by atoms with Gasteiger partial charge in [-0.15, -0.1) is 11.3 Å². The highest BCUT2D eigenvalue weighted by atomic mass is 32.2. The molecule has 160 valence electrons. The summed E-state index contributed by atoms with van der Waals surface area (Å²) in [5.74, 6) is 0.455. The van der Waals surface area contributed by atoms with Gasteiger partial charge in [-0.25, -0.2) is 4.98 Å². The average Bonchev–Trinajstić information content (AvgIpc) is 3.52. The second-order valence-electron chi connectivity index (χ2n) is 7.39. The molecule has 9 heteroatoms. The Labute approximate surface area is 191 Å². The molecule has 5 rings (SSSR count). The molecule has 0 atom stereocenters. The molecule has 1 amide bonds. The zero-order chi connectivity index (χ0) is 22.1. The van der Waals surface area contributed by atoms with E-state index in [0.29, 0.717) is 32.4 Å². The van der Waals surface area contributed by atoms with Gasteiger partial charge in [0.25, 0.3) is 5.56 Å². The van der Waals surface area contributed by atoms with E-state index in [0.717, 1.165) is 24.8 Å². The second kappa shape index (κ2) is 8.65. The van der Waals surface area contributed by atoms with E-state index in [2.05, 4.69) is 16.4 Å². The fraction of sp³-hybridized carbons (Fsp3) is 0.217. The normalized spacial score (nSPS) is 12.6. The van der Waals surface area contributed by atoms with Gasteiger partial charge in [-0.05, 0) is 49.1 Å². The number of nitriles is 1. The molecule has 0 saturated heterocycles. The Hall–Kier alpha value is -3.35. The Kier molecular flexibility index (Phi) is 5.55. The van der Waals surface area contributed by atoms with Crippen LogP contribution in [0, 0.1) is 11.3 Å². The zero-order valence-electron chi connectivity index (χ0n) is 17.0. The van der Waals surface area contributed by atoms with E-state index in [1.807, 2.05) is 6.07 Å². The lowest BCUT2D eigenvalue weighted by Crippen LogP contribution is -2.24. The molecule has 0 spiro atoms. The zero-order valence-corrected chi connectivity index (χ0v) is 18.6. The van der Waals surface area contributed by atoms with Gasteiger partial charge < -0.3 is 9.73 Å². The Bertz CT molecular complexity index is 1410. The van der Waals surface area contributed by atoms with Crippen LogP contribution in [0.3, 0.4) is 0 Å². The smallest absolute Gasteiger partial charge is 0.262 e. The van der Waals surface area contributed by atoms with Crippen molar-refractivity contribution >= 4 is 44.9 Å². The van der Waals surface area contributed by atoms with Gasteiger partial charge in [-0.1, -0.05) is 23.9 Å². The number of carbonyl (C=O) groups is 1.